The van der Waals surface area contributed by atoms with Gasteiger partial charge in [-0.05, 0) is 61.7 Å². The lowest BCUT2D eigenvalue weighted by Crippen LogP contribution is -2.45. The molecule has 1 atom stereocenters. The summed E-state index contributed by atoms with van der Waals surface area (Å²) in [5, 5.41) is 8.24. The topological polar surface area (TPSA) is 101 Å². The molecule has 0 saturated carbocycles. The Morgan fingerprint density at radius 2 is 1.92 bits per heavy atom. The van der Waals surface area contributed by atoms with E-state index in [4.69, 9.17) is 27.9 Å². The summed E-state index contributed by atoms with van der Waals surface area (Å²) in [5.41, 5.74) is 1.76. The van der Waals surface area contributed by atoms with Gasteiger partial charge in [-0.25, -0.2) is 8.42 Å². The molecule has 192 valence electrons. The van der Waals surface area contributed by atoms with Gasteiger partial charge in [0.25, 0.3) is 0 Å². The highest BCUT2D eigenvalue weighted by molar-refractivity contribution is 7.89. The van der Waals surface area contributed by atoms with Crippen LogP contribution in [0.1, 0.15) is 19.3 Å². The predicted molar refractivity (Wildman–Crippen MR) is 142 cm³/mol. The summed E-state index contributed by atoms with van der Waals surface area (Å²) >= 11 is 12.1. The molecule has 1 unspecified atom stereocenters. The predicted octanol–water partition coefficient (Wildman–Crippen LogP) is 4.57. The number of rotatable bonds is 9. The molecule has 1 fully saturated rings. The number of hydrogen-bond acceptors (Lipinski definition) is 6. The van der Waals surface area contributed by atoms with Gasteiger partial charge in [-0.3, -0.25) is 9.78 Å². The summed E-state index contributed by atoms with van der Waals surface area (Å²) in [4.78, 5) is 17.2. The highest BCUT2D eigenvalue weighted by atomic mass is 35.5. The van der Waals surface area contributed by atoms with Gasteiger partial charge < -0.3 is 15.4 Å². The summed E-state index contributed by atoms with van der Waals surface area (Å²) < 4.78 is 33.1. The average molecular weight is 551 g/mol. The Kier molecular flexibility index (Phi) is 8.56. The van der Waals surface area contributed by atoms with Gasteiger partial charge in [0.05, 0.1) is 18.5 Å². The molecule has 36 heavy (non-hydrogen) atoms. The number of hydrogen-bond donors (Lipinski definition) is 2. The fraction of sp³-hybridized carbons (Fsp3) is 0.360. The van der Waals surface area contributed by atoms with Crippen molar-refractivity contribution in [1.82, 2.24) is 14.6 Å². The third-order valence-corrected chi connectivity index (χ3v) is 8.53. The van der Waals surface area contributed by atoms with Crippen molar-refractivity contribution in [3.8, 4) is 5.75 Å². The molecule has 0 bridgehead atoms. The largest absolute Gasteiger partial charge is 0.495 e. The van der Waals surface area contributed by atoms with Gasteiger partial charge >= 0.3 is 0 Å². The summed E-state index contributed by atoms with van der Waals surface area (Å²) in [6, 6.07) is 12.0. The number of piperidine rings is 1. The van der Waals surface area contributed by atoms with Crippen LogP contribution in [0.4, 0.5) is 5.69 Å². The van der Waals surface area contributed by atoms with Gasteiger partial charge in [0.2, 0.25) is 15.9 Å². The number of anilines is 1. The van der Waals surface area contributed by atoms with Crippen LogP contribution < -0.4 is 15.4 Å². The zero-order chi connectivity index (χ0) is 25.7. The van der Waals surface area contributed by atoms with Gasteiger partial charge in [-0.2, -0.15) is 4.31 Å². The molecule has 4 rings (SSSR count). The van der Waals surface area contributed by atoms with Crippen molar-refractivity contribution in [2.24, 2.45) is 5.92 Å². The number of aromatic nitrogens is 1. The number of nitrogens with one attached hydrogen (secondary N) is 2. The van der Waals surface area contributed by atoms with E-state index in [1.165, 1.54) is 23.5 Å². The molecule has 0 spiro atoms. The molecule has 1 aliphatic heterocycles. The van der Waals surface area contributed by atoms with Crippen LogP contribution in [0.3, 0.4) is 0 Å². The molecular weight excluding hydrogens is 523 g/mol. The summed E-state index contributed by atoms with van der Waals surface area (Å²) in [6.07, 6.45) is 3.66. The number of benzene rings is 2. The van der Waals surface area contributed by atoms with Crippen molar-refractivity contribution in [2.75, 3.05) is 38.6 Å². The molecule has 1 aliphatic rings. The number of methoxy groups -OCH3 is 1. The number of sulfonamides is 1. The van der Waals surface area contributed by atoms with Gasteiger partial charge in [0, 0.05) is 53.5 Å². The molecule has 0 radical (unpaired) electrons. The zero-order valence-corrected chi connectivity index (χ0v) is 22.2. The van der Waals surface area contributed by atoms with Gasteiger partial charge in [-0.1, -0.05) is 23.2 Å². The second-order valence-corrected chi connectivity index (χ2v) is 11.4. The normalized spacial score (nSPS) is 16.6. The highest BCUT2D eigenvalue weighted by Gasteiger charge is 2.34. The Morgan fingerprint density at radius 1 is 1.14 bits per heavy atom. The lowest BCUT2D eigenvalue weighted by Gasteiger charge is -2.31. The van der Waals surface area contributed by atoms with Crippen LogP contribution in [0.5, 0.6) is 5.75 Å². The monoisotopic (exact) mass is 550 g/mol. The standard InChI is InChI=1S/C25H28Cl2N4O4S/c1-35-23-8-6-19(27)15-24(23)36(33,34)31-13-2-4-17(16-31)25(32)30-11-3-10-28-21-9-12-29-22-14-18(26)5-7-20(21)22/h5-9,12,14-15,17H,2-4,10-11,13,16H2,1H3,(H,28,29)(H,30,32). The first-order valence-corrected chi connectivity index (χ1v) is 13.9. The maximum atomic E-state index is 13.3. The summed E-state index contributed by atoms with van der Waals surface area (Å²) in [6.45, 7) is 1.60. The fourth-order valence-corrected chi connectivity index (χ4v) is 6.42. The van der Waals surface area contributed by atoms with E-state index in [1.54, 1.807) is 12.3 Å². The quantitative estimate of drug-likeness (QED) is 0.378. The Balaban J connectivity index is 1.30. The number of carbonyl (C=O) groups is 1. The van der Waals surface area contributed by atoms with Crippen LogP contribution in [-0.2, 0) is 14.8 Å². The van der Waals surface area contributed by atoms with Gasteiger partial charge in [-0.15, -0.1) is 0 Å². The van der Waals surface area contributed by atoms with E-state index >= 15 is 0 Å². The summed E-state index contributed by atoms with van der Waals surface area (Å²) in [5.74, 6) is -0.332. The molecule has 8 nitrogen and oxygen atoms in total. The van der Waals surface area contributed by atoms with Crippen LogP contribution in [0.2, 0.25) is 10.0 Å². The number of fused-ring (bicyclic) bond motifs is 1. The van der Waals surface area contributed by atoms with E-state index in [0.29, 0.717) is 48.9 Å². The second kappa shape index (κ2) is 11.6. The first-order chi connectivity index (χ1) is 17.3. The Labute approximate surface area is 221 Å². The first kappa shape index (κ1) is 26.5. The third-order valence-electron chi connectivity index (χ3n) is 6.17. The third kappa shape index (κ3) is 6.03. The Morgan fingerprint density at radius 3 is 2.72 bits per heavy atom. The summed E-state index contributed by atoms with van der Waals surface area (Å²) in [7, 11) is -2.44. The number of nitrogens with zero attached hydrogens (tertiary/aromatic N) is 2. The zero-order valence-electron chi connectivity index (χ0n) is 19.8. The number of pyridine rings is 1. The van der Waals surface area contributed by atoms with Crippen LogP contribution in [-0.4, -0.2) is 56.9 Å². The lowest BCUT2D eigenvalue weighted by atomic mass is 9.99. The van der Waals surface area contributed by atoms with Crippen LogP contribution in [0.15, 0.2) is 53.6 Å². The van der Waals surface area contributed by atoms with E-state index in [2.05, 4.69) is 15.6 Å². The smallest absolute Gasteiger partial charge is 0.246 e. The van der Waals surface area contributed by atoms with E-state index in [9.17, 15) is 13.2 Å². The van der Waals surface area contributed by atoms with E-state index in [1.807, 2.05) is 24.3 Å². The van der Waals surface area contributed by atoms with Crippen molar-refractivity contribution in [3.63, 3.8) is 0 Å². The number of amides is 1. The average Bonchev–Trinajstić information content (AvgIpc) is 2.88. The Bertz CT molecular complexity index is 1350. The van der Waals surface area contributed by atoms with Gasteiger partial charge in [0.1, 0.15) is 10.6 Å². The van der Waals surface area contributed by atoms with Crippen molar-refractivity contribution in [2.45, 2.75) is 24.2 Å². The molecule has 1 saturated heterocycles. The molecule has 0 aliphatic carbocycles. The first-order valence-electron chi connectivity index (χ1n) is 11.7. The SMILES string of the molecule is COc1ccc(Cl)cc1S(=O)(=O)N1CCCC(C(=O)NCCCNc2ccnc3cc(Cl)ccc23)C1. The number of ether oxygens (including phenoxy) is 1. The molecule has 3 aromatic rings. The van der Waals surface area contributed by atoms with Crippen LogP contribution >= 0.6 is 23.2 Å². The minimum atomic E-state index is -3.85. The maximum Gasteiger partial charge on any atom is 0.246 e. The van der Waals surface area contributed by atoms with E-state index in [0.717, 1.165) is 16.6 Å². The molecule has 1 aromatic heterocycles. The van der Waals surface area contributed by atoms with Gasteiger partial charge in [0.15, 0.2) is 0 Å². The van der Waals surface area contributed by atoms with E-state index < -0.39 is 15.9 Å². The number of halogens is 2. The lowest BCUT2D eigenvalue weighted by molar-refractivity contribution is -0.126. The fourth-order valence-electron chi connectivity index (χ4n) is 4.31. The Hall–Kier alpha value is -2.59. The highest BCUT2D eigenvalue weighted by Crippen LogP contribution is 2.32. The van der Waals surface area contributed by atoms with Crippen molar-refractivity contribution in [3.05, 3.63) is 58.7 Å². The number of carbonyl (C=O) groups excluding carboxylic acids is 1. The second-order valence-electron chi connectivity index (χ2n) is 8.59. The molecule has 2 aromatic carbocycles. The van der Waals surface area contributed by atoms with Crippen LogP contribution in [0, 0.1) is 5.92 Å². The van der Waals surface area contributed by atoms with Crippen molar-refractivity contribution in [1.29, 1.82) is 0 Å². The maximum absolute atomic E-state index is 13.3. The van der Waals surface area contributed by atoms with Crippen LogP contribution in [0.25, 0.3) is 10.9 Å². The molecule has 11 heteroatoms. The van der Waals surface area contributed by atoms with E-state index in [-0.39, 0.29) is 23.1 Å². The molecule has 1 amide bonds. The minimum absolute atomic E-state index is 0.00976. The van der Waals surface area contributed by atoms with Crippen molar-refractivity contribution >= 4 is 55.7 Å². The molecule has 2 heterocycles. The molecule has 2 N–H and O–H groups in total. The molecular formula is C25H28Cl2N4O4S. The minimum Gasteiger partial charge on any atom is -0.495 e. The van der Waals surface area contributed by atoms with Crippen molar-refractivity contribution < 1.29 is 17.9 Å².